The van der Waals surface area contributed by atoms with Crippen molar-refractivity contribution in [2.45, 2.75) is 20.8 Å². The number of hydrogen-bond donors (Lipinski definition) is 2. The van der Waals surface area contributed by atoms with Crippen LogP contribution in [-0.2, 0) is 0 Å². The van der Waals surface area contributed by atoms with E-state index in [9.17, 15) is 0 Å². The van der Waals surface area contributed by atoms with E-state index in [1.54, 1.807) is 0 Å². The third-order valence-electron chi connectivity index (χ3n) is 2.58. The lowest BCUT2D eigenvalue weighted by Crippen LogP contribution is -2.00. The molecule has 2 nitrogen and oxygen atoms in total. The van der Waals surface area contributed by atoms with Gasteiger partial charge in [0, 0.05) is 16.9 Å². The fraction of sp³-hybridized carbons (Fsp3) is 0.231. The van der Waals surface area contributed by atoms with Gasteiger partial charge in [0.1, 0.15) is 0 Å². The standard InChI is InChI=1S/C13H18N2/c1-8(2)9(3)11-5-6-12(10(4)14)13(15)7-11/h5-7H,4,14-15H2,1-3H3. The number of hydrogen-bond acceptors (Lipinski definition) is 2. The maximum atomic E-state index is 5.90. The van der Waals surface area contributed by atoms with Crippen LogP contribution >= 0.6 is 0 Å². The predicted octanol–water partition coefficient (Wildman–Crippen LogP) is 3.01. The van der Waals surface area contributed by atoms with E-state index in [2.05, 4.69) is 27.4 Å². The molecule has 0 unspecified atom stereocenters. The zero-order chi connectivity index (χ0) is 11.6. The van der Waals surface area contributed by atoms with Gasteiger partial charge in [0.05, 0.1) is 0 Å². The van der Waals surface area contributed by atoms with Crippen LogP contribution in [0, 0.1) is 0 Å². The summed E-state index contributed by atoms with van der Waals surface area (Å²) in [4.78, 5) is 0. The summed E-state index contributed by atoms with van der Waals surface area (Å²) >= 11 is 0. The first kappa shape index (κ1) is 11.4. The summed E-state index contributed by atoms with van der Waals surface area (Å²) in [6.45, 7) is 9.94. The van der Waals surface area contributed by atoms with Gasteiger partial charge in [-0.15, -0.1) is 0 Å². The van der Waals surface area contributed by atoms with Crippen LogP contribution in [-0.4, -0.2) is 0 Å². The molecule has 0 saturated heterocycles. The lowest BCUT2D eigenvalue weighted by atomic mass is 10.00. The summed E-state index contributed by atoms with van der Waals surface area (Å²) in [5.41, 5.74) is 17.2. The van der Waals surface area contributed by atoms with Gasteiger partial charge in [-0.3, -0.25) is 0 Å². The lowest BCUT2D eigenvalue weighted by molar-refractivity contribution is 1.36. The highest BCUT2D eigenvalue weighted by Gasteiger charge is 2.03. The Morgan fingerprint density at radius 3 is 2.20 bits per heavy atom. The van der Waals surface area contributed by atoms with Gasteiger partial charge >= 0.3 is 0 Å². The molecule has 1 aromatic rings. The Labute approximate surface area is 91.3 Å². The summed E-state index contributed by atoms with van der Waals surface area (Å²) in [5, 5.41) is 0. The lowest BCUT2D eigenvalue weighted by Gasteiger charge is -2.09. The molecule has 1 aromatic carbocycles. The fourth-order valence-corrected chi connectivity index (χ4v) is 1.38. The highest BCUT2D eigenvalue weighted by atomic mass is 14.6. The molecule has 1 rings (SSSR count). The molecule has 0 aromatic heterocycles. The predicted molar refractivity (Wildman–Crippen MR) is 68.0 cm³/mol. The van der Waals surface area contributed by atoms with Gasteiger partial charge in [-0.25, -0.2) is 0 Å². The first-order valence-corrected chi connectivity index (χ1v) is 4.92. The Hall–Kier alpha value is -1.70. The summed E-state index contributed by atoms with van der Waals surface area (Å²) in [6, 6.07) is 5.88. The maximum Gasteiger partial charge on any atom is 0.0414 e. The molecule has 0 aliphatic rings. The van der Waals surface area contributed by atoms with Gasteiger partial charge < -0.3 is 11.5 Å². The SMILES string of the molecule is C=C(N)c1ccc(C(C)=C(C)C)cc1N. The molecule has 0 saturated carbocycles. The molecule has 0 spiro atoms. The van der Waals surface area contributed by atoms with Crippen molar-refractivity contribution in [3.63, 3.8) is 0 Å². The fourth-order valence-electron chi connectivity index (χ4n) is 1.38. The Morgan fingerprint density at radius 1 is 1.20 bits per heavy atom. The van der Waals surface area contributed by atoms with Crippen molar-refractivity contribution >= 4 is 17.0 Å². The molecule has 2 heteroatoms. The number of nitrogens with two attached hydrogens (primary N) is 2. The van der Waals surface area contributed by atoms with Crippen molar-refractivity contribution in [1.82, 2.24) is 0 Å². The molecule has 0 aliphatic heterocycles. The molecule has 0 radical (unpaired) electrons. The Morgan fingerprint density at radius 2 is 1.80 bits per heavy atom. The van der Waals surface area contributed by atoms with E-state index in [0.717, 1.165) is 11.1 Å². The third-order valence-corrected chi connectivity index (χ3v) is 2.58. The van der Waals surface area contributed by atoms with E-state index < -0.39 is 0 Å². The van der Waals surface area contributed by atoms with Crippen LogP contribution in [0.2, 0.25) is 0 Å². The number of rotatable bonds is 2. The van der Waals surface area contributed by atoms with Crippen LogP contribution < -0.4 is 11.5 Å². The van der Waals surface area contributed by atoms with Gasteiger partial charge in [0.2, 0.25) is 0 Å². The summed E-state index contributed by atoms with van der Waals surface area (Å²) in [6.07, 6.45) is 0. The van der Waals surface area contributed by atoms with Gasteiger partial charge in [0.15, 0.2) is 0 Å². The van der Waals surface area contributed by atoms with Gasteiger partial charge in [-0.2, -0.15) is 0 Å². The average molecular weight is 202 g/mol. The van der Waals surface area contributed by atoms with Crippen molar-refractivity contribution < 1.29 is 0 Å². The van der Waals surface area contributed by atoms with Crippen LogP contribution in [0.15, 0.2) is 30.4 Å². The first-order chi connectivity index (χ1) is 6.93. The van der Waals surface area contributed by atoms with E-state index in [-0.39, 0.29) is 0 Å². The van der Waals surface area contributed by atoms with Crippen LogP contribution in [0.1, 0.15) is 31.9 Å². The topological polar surface area (TPSA) is 52.0 Å². The molecular formula is C13H18N2. The molecule has 0 aliphatic carbocycles. The van der Waals surface area contributed by atoms with E-state index in [1.807, 2.05) is 18.2 Å². The minimum atomic E-state index is 0.508. The minimum Gasteiger partial charge on any atom is -0.399 e. The van der Waals surface area contributed by atoms with E-state index in [0.29, 0.717) is 11.4 Å². The molecule has 80 valence electrons. The summed E-state index contributed by atoms with van der Waals surface area (Å²) in [7, 11) is 0. The third kappa shape index (κ3) is 2.40. The zero-order valence-electron chi connectivity index (χ0n) is 9.59. The normalized spacial score (nSPS) is 9.80. The van der Waals surface area contributed by atoms with Crippen LogP contribution in [0.25, 0.3) is 11.3 Å². The zero-order valence-corrected chi connectivity index (χ0v) is 9.59. The summed E-state index contributed by atoms with van der Waals surface area (Å²) < 4.78 is 0. The van der Waals surface area contributed by atoms with Crippen LogP contribution in [0.4, 0.5) is 5.69 Å². The second-order valence-corrected chi connectivity index (χ2v) is 3.95. The van der Waals surface area contributed by atoms with Crippen molar-refractivity contribution in [2.24, 2.45) is 5.73 Å². The molecule has 15 heavy (non-hydrogen) atoms. The highest BCUT2D eigenvalue weighted by Crippen LogP contribution is 2.24. The Balaban J connectivity index is 3.24. The van der Waals surface area contributed by atoms with Gasteiger partial charge in [-0.05, 0) is 38.0 Å². The second kappa shape index (κ2) is 4.22. The minimum absolute atomic E-state index is 0.508. The van der Waals surface area contributed by atoms with E-state index in [1.165, 1.54) is 11.1 Å². The smallest absolute Gasteiger partial charge is 0.0414 e. The Bertz CT molecular complexity index is 424. The highest BCUT2D eigenvalue weighted by molar-refractivity contribution is 5.77. The molecular weight excluding hydrogens is 184 g/mol. The second-order valence-electron chi connectivity index (χ2n) is 3.95. The van der Waals surface area contributed by atoms with Gasteiger partial charge in [-0.1, -0.05) is 24.3 Å². The quantitative estimate of drug-likeness (QED) is 0.724. The van der Waals surface area contributed by atoms with E-state index >= 15 is 0 Å². The van der Waals surface area contributed by atoms with Crippen LogP contribution in [0.5, 0.6) is 0 Å². The van der Waals surface area contributed by atoms with Crippen molar-refractivity contribution in [3.05, 3.63) is 41.5 Å². The Kier molecular flexibility index (Phi) is 3.20. The summed E-state index contributed by atoms with van der Waals surface area (Å²) in [5.74, 6) is 0. The number of benzene rings is 1. The average Bonchev–Trinajstić information content (AvgIpc) is 2.15. The van der Waals surface area contributed by atoms with Crippen LogP contribution in [0.3, 0.4) is 0 Å². The molecule has 0 bridgehead atoms. The van der Waals surface area contributed by atoms with Crippen molar-refractivity contribution in [1.29, 1.82) is 0 Å². The first-order valence-electron chi connectivity index (χ1n) is 4.92. The monoisotopic (exact) mass is 202 g/mol. The number of anilines is 1. The van der Waals surface area contributed by atoms with Gasteiger partial charge in [0.25, 0.3) is 0 Å². The van der Waals surface area contributed by atoms with E-state index in [4.69, 9.17) is 11.5 Å². The number of nitrogen functional groups attached to an aromatic ring is 1. The molecule has 0 atom stereocenters. The largest absolute Gasteiger partial charge is 0.399 e. The van der Waals surface area contributed by atoms with Crippen molar-refractivity contribution in [3.8, 4) is 0 Å². The number of allylic oxidation sites excluding steroid dienone is 2. The molecule has 4 N–H and O–H groups in total. The molecule has 0 heterocycles. The maximum absolute atomic E-state index is 5.90. The van der Waals surface area contributed by atoms with Crippen molar-refractivity contribution in [2.75, 3.05) is 5.73 Å². The molecule has 0 fully saturated rings. The molecule has 0 amide bonds.